The summed E-state index contributed by atoms with van der Waals surface area (Å²) in [5, 5.41) is 3.20. The molecule has 0 heterocycles. The van der Waals surface area contributed by atoms with Crippen LogP contribution in [-0.2, 0) is 26.2 Å². The summed E-state index contributed by atoms with van der Waals surface area (Å²) in [7, 11) is -4.26. The van der Waals surface area contributed by atoms with Crippen LogP contribution >= 0.6 is 11.6 Å². The van der Waals surface area contributed by atoms with Gasteiger partial charge in [0.2, 0.25) is 11.8 Å². The second-order valence-electron chi connectivity index (χ2n) is 9.50. The maximum Gasteiger partial charge on any atom is 0.264 e. The molecule has 1 N–H and O–H groups in total. The van der Waals surface area contributed by atoms with Gasteiger partial charge in [0, 0.05) is 23.2 Å². The van der Waals surface area contributed by atoms with Crippen LogP contribution in [0, 0.1) is 5.82 Å². The number of halogens is 2. The van der Waals surface area contributed by atoms with Gasteiger partial charge in [-0.15, -0.1) is 0 Å². The van der Waals surface area contributed by atoms with Gasteiger partial charge in [-0.2, -0.15) is 0 Å². The number of sulfonamides is 1. The minimum Gasteiger partial charge on any atom is -0.494 e. The fraction of sp³-hybridized carbons (Fsp3) is 0.333. The van der Waals surface area contributed by atoms with Crippen LogP contribution in [0.3, 0.4) is 0 Å². The van der Waals surface area contributed by atoms with Gasteiger partial charge in [-0.1, -0.05) is 36.7 Å². The zero-order valence-corrected chi connectivity index (χ0v) is 25.1. The highest BCUT2D eigenvalue weighted by Crippen LogP contribution is 2.27. The van der Waals surface area contributed by atoms with E-state index < -0.39 is 40.2 Å². The van der Waals surface area contributed by atoms with Gasteiger partial charge < -0.3 is 15.0 Å². The predicted octanol–water partition coefficient (Wildman–Crippen LogP) is 5.41. The summed E-state index contributed by atoms with van der Waals surface area (Å²) in [6.07, 6.45) is 0.671. The van der Waals surface area contributed by atoms with Crippen molar-refractivity contribution in [2.45, 2.75) is 57.6 Å². The summed E-state index contributed by atoms with van der Waals surface area (Å²) in [4.78, 5) is 28.1. The molecule has 0 fully saturated rings. The summed E-state index contributed by atoms with van der Waals surface area (Å²) < 4.78 is 48.8. The van der Waals surface area contributed by atoms with Crippen LogP contribution in [0.25, 0.3) is 0 Å². The second kappa shape index (κ2) is 14.3. The van der Waals surface area contributed by atoms with Gasteiger partial charge >= 0.3 is 0 Å². The van der Waals surface area contributed by atoms with Crippen molar-refractivity contribution in [3.05, 3.63) is 89.2 Å². The molecule has 0 unspecified atom stereocenters. The number of rotatable bonds is 13. The molecule has 0 radical (unpaired) electrons. The highest BCUT2D eigenvalue weighted by Gasteiger charge is 2.33. The van der Waals surface area contributed by atoms with Crippen molar-refractivity contribution in [3.63, 3.8) is 0 Å². The third-order valence-electron chi connectivity index (χ3n) is 6.58. The Morgan fingerprint density at radius 1 is 0.976 bits per heavy atom. The number of nitrogens with zero attached hydrogens (tertiary/aromatic N) is 2. The van der Waals surface area contributed by atoms with E-state index >= 15 is 0 Å². The first-order valence-corrected chi connectivity index (χ1v) is 15.1. The molecule has 0 spiro atoms. The number of anilines is 1. The smallest absolute Gasteiger partial charge is 0.264 e. The summed E-state index contributed by atoms with van der Waals surface area (Å²) >= 11 is 5.98. The Balaban J connectivity index is 2.04. The van der Waals surface area contributed by atoms with Crippen LogP contribution in [0.2, 0.25) is 5.02 Å². The Labute approximate surface area is 246 Å². The molecule has 3 aromatic rings. The van der Waals surface area contributed by atoms with E-state index in [-0.39, 0.29) is 28.7 Å². The number of hydrogen-bond acceptors (Lipinski definition) is 5. The molecule has 0 aliphatic heterocycles. The van der Waals surface area contributed by atoms with E-state index in [1.807, 2.05) is 20.8 Å². The number of ether oxygens (including phenoxy) is 1. The lowest BCUT2D eigenvalue weighted by atomic mass is 10.1. The number of nitrogens with one attached hydrogen (secondary N) is 1. The largest absolute Gasteiger partial charge is 0.494 e. The van der Waals surface area contributed by atoms with Gasteiger partial charge in [-0.25, -0.2) is 12.8 Å². The Hall–Kier alpha value is -3.63. The molecule has 0 aromatic heterocycles. The predicted molar refractivity (Wildman–Crippen MR) is 158 cm³/mol. The monoisotopic (exact) mass is 603 g/mol. The molecule has 0 aliphatic carbocycles. The highest BCUT2D eigenvalue weighted by molar-refractivity contribution is 7.92. The minimum absolute atomic E-state index is 0.0770. The minimum atomic E-state index is -4.26. The molecule has 8 nitrogen and oxygen atoms in total. The van der Waals surface area contributed by atoms with Crippen LogP contribution in [0.15, 0.2) is 77.7 Å². The summed E-state index contributed by atoms with van der Waals surface area (Å²) in [6.45, 7) is 6.64. The van der Waals surface area contributed by atoms with E-state index in [9.17, 15) is 22.4 Å². The van der Waals surface area contributed by atoms with Crippen molar-refractivity contribution in [2.75, 3.05) is 17.5 Å². The molecule has 0 aliphatic rings. The van der Waals surface area contributed by atoms with Crippen molar-refractivity contribution in [1.29, 1.82) is 0 Å². The first-order chi connectivity index (χ1) is 19.5. The van der Waals surface area contributed by atoms with E-state index in [1.165, 1.54) is 66.4 Å². The Morgan fingerprint density at radius 2 is 1.61 bits per heavy atom. The lowest BCUT2D eigenvalue weighted by Crippen LogP contribution is -2.52. The second-order valence-corrected chi connectivity index (χ2v) is 11.8. The van der Waals surface area contributed by atoms with E-state index in [0.29, 0.717) is 23.8 Å². The molecule has 2 atom stereocenters. The topological polar surface area (TPSA) is 96.0 Å². The third-order valence-corrected chi connectivity index (χ3v) is 8.62. The fourth-order valence-corrected chi connectivity index (χ4v) is 5.54. The normalized spacial score (nSPS) is 12.7. The van der Waals surface area contributed by atoms with Crippen LogP contribution in [0.1, 0.15) is 39.7 Å². The van der Waals surface area contributed by atoms with Gasteiger partial charge in [0.05, 0.1) is 17.2 Å². The molecule has 220 valence electrons. The Morgan fingerprint density at radius 3 is 2.20 bits per heavy atom. The molecule has 11 heteroatoms. The standard InChI is InChI=1S/C30H35ClFN3O5S/c1-5-21(3)33-30(37)22(4)34(19-23-9-7-8-10-28(23)32)29(36)20-35(25-13-15-26(16-14-25)40-6-2)41(38,39)27-17-11-24(31)12-18-27/h7-18,21-22H,5-6,19-20H2,1-4H3,(H,33,37)/t21-,22+/m0/s1. The summed E-state index contributed by atoms with van der Waals surface area (Å²) in [5.41, 5.74) is 0.400. The molecule has 0 saturated heterocycles. The highest BCUT2D eigenvalue weighted by atomic mass is 35.5. The SMILES string of the molecule is CCOc1ccc(N(CC(=O)N(Cc2ccccc2F)[C@H](C)C(=O)N[C@@H](C)CC)S(=O)(=O)c2ccc(Cl)cc2)cc1. The number of benzene rings is 3. The third kappa shape index (κ3) is 8.20. The quantitative estimate of drug-likeness (QED) is 0.282. The fourth-order valence-electron chi connectivity index (χ4n) is 4.00. The molecule has 41 heavy (non-hydrogen) atoms. The lowest BCUT2D eigenvalue weighted by Gasteiger charge is -2.32. The van der Waals surface area contributed by atoms with Crippen molar-refractivity contribution < 1.29 is 27.1 Å². The van der Waals surface area contributed by atoms with Gasteiger partial charge in [0.1, 0.15) is 24.2 Å². The molecular formula is C30H35ClFN3O5S. The number of carbonyl (C=O) groups excluding carboxylic acids is 2. The first-order valence-electron chi connectivity index (χ1n) is 13.3. The van der Waals surface area contributed by atoms with Crippen molar-refractivity contribution in [3.8, 4) is 5.75 Å². The van der Waals surface area contributed by atoms with Crippen molar-refractivity contribution >= 4 is 39.1 Å². The molecule has 2 amide bonds. The van der Waals surface area contributed by atoms with Gasteiger partial charge in [0.25, 0.3) is 10.0 Å². The molecule has 0 bridgehead atoms. The first kappa shape index (κ1) is 31.9. The Kier molecular flexibility index (Phi) is 11.1. The molecule has 0 saturated carbocycles. The van der Waals surface area contributed by atoms with Crippen LogP contribution < -0.4 is 14.4 Å². The average Bonchev–Trinajstić information content (AvgIpc) is 2.95. The van der Waals surface area contributed by atoms with Crippen LogP contribution in [0.5, 0.6) is 5.75 Å². The van der Waals surface area contributed by atoms with Gasteiger partial charge in [-0.3, -0.25) is 13.9 Å². The number of amides is 2. The van der Waals surface area contributed by atoms with Crippen molar-refractivity contribution in [2.24, 2.45) is 0 Å². The van der Waals surface area contributed by atoms with Crippen molar-refractivity contribution in [1.82, 2.24) is 10.2 Å². The van der Waals surface area contributed by atoms with E-state index in [0.717, 1.165) is 4.31 Å². The lowest BCUT2D eigenvalue weighted by molar-refractivity contribution is -0.139. The zero-order valence-electron chi connectivity index (χ0n) is 23.5. The molecular weight excluding hydrogens is 569 g/mol. The van der Waals surface area contributed by atoms with Crippen LogP contribution in [0.4, 0.5) is 10.1 Å². The average molecular weight is 604 g/mol. The van der Waals surface area contributed by atoms with E-state index in [1.54, 1.807) is 18.2 Å². The molecule has 3 rings (SSSR count). The zero-order chi connectivity index (χ0) is 30.2. The van der Waals surface area contributed by atoms with Crippen LogP contribution in [-0.4, -0.2) is 50.4 Å². The van der Waals surface area contributed by atoms with E-state index in [2.05, 4.69) is 5.32 Å². The number of carbonyl (C=O) groups is 2. The number of hydrogen-bond donors (Lipinski definition) is 1. The maximum absolute atomic E-state index is 14.6. The van der Waals surface area contributed by atoms with E-state index in [4.69, 9.17) is 16.3 Å². The Bertz CT molecular complexity index is 1440. The summed E-state index contributed by atoms with van der Waals surface area (Å²) in [5.74, 6) is -1.14. The molecule has 3 aromatic carbocycles. The van der Waals surface area contributed by atoms with Gasteiger partial charge in [-0.05, 0) is 81.8 Å². The summed E-state index contributed by atoms with van der Waals surface area (Å²) in [6, 6.07) is 16.6. The maximum atomic E-state index is 14.6. The van der Waals surface area contributed by atoms with Gasteiger partial charge in [0.15, 0.2) is 0 Å².